The van der Waals surface area contributed by atoms with Gasteiger partial charge < -0.3 is 4.74 Å². The molecule has 3 heteroatoms. The van der Waals surface area contributed by atoms with Gasteiger partial charge >= 0.3 is 0 Å². The number of ether oxygens (including phenoxy) is 1. The molecule has 0 N–H and O–H groups in total. The van der Waals surface area contributed by atoms with Crippen molar-refractivity contribution in [3.05, 3.63) is 0 Å². The molecular weight excluding hydrogens is 253 g/mol. The molecule has 0 amide bonds. The van der Waals surface area contributed by atoms with Crippen molar-refractivity contribution in [3.63, 3.8) is 0 Å². The first kappa shape index (κ1) is 9.74. The van der Waals surface area contributed by atoms with E-state index in [1.165, 1.54) is 13.1 Å². The Morgan fingerprint density at radius 1 is 1.45 bits per heavy atom. The average molecular weight is 269 g/mol. The second-order valence-corrected chi connectivity index (χ2v) is 5.78. The van der Waals surface area contributed by atoms with Crippen molar-refractivity contribution in [2.45, 2.75) is 30.3 Å². The van der Waals surface area contributed by atoms with E-state index in [9.17, 15) is 0 Å². The summed E-state index contributed by atoms with van der Waals surface area (Å²) in [5.41, 5.74) is 0.0103. The normalized spacial score (nSPS) is 21.8. The molecule has 66 valence electrons. The molecule has 0 aromatic heterocycles. The Morgan fingerprint density at radius 3 is 2.36 bits per heavy atom. The van der Waals surface area contributed by atoms with E-state index in [-0.39, 0.29) is 5.60 Å². The molecular formula is C8H16INO. The summed E-state index contributed by atoms with van der Waals surface area (Å²) in [4.78, 5) is 2.32. The Morgan fingerprint density at radius 2 is 2.00 bits per heavy atom. The van der Waals surface area contributed by atoms with Gasteiger partial charge in [-0.05, 0) is 20.8 Å². The monoisotopic (exact) mass is 269 g/mol. The topological polar surface area (TPSA) is 12.5 Å². The van der Waals surface area contributed by atoms with Gasteiger partial charge in [0.1, 0.15) is 0 Å². The maximum atomic E-state index is 5.60. The van der Waals surface area contributed by atoms with Crippen LogP contribution in [-0.4, -0.2) is 34.2 Å². The highest BCUT2D eigenvalue weighted by atomic mass is 127. The van der Waals surface area contributed by atoms with E-state index in [1.54, 1.807) is 0 Å². The minimum absolute atomic E-state index is 0.0103. The molecule has 11 heavy (non-hydrogen) atoms. The van der Waals surface area contributed by atoms with Crippen LogP contribution in [0, 0.1) is 0 Å². The second-order valence-electron chi connectivity index (χ2n) is 4.02. The van der Waals surface area contributed by atoms with Crippen molar-refractivity contribution in [1.29, 1.82) is 0 Å². The van der Waals surface area contributed by atoms with Crippen LogP contribution in [0.15, 0.2) is 0 Å². The Bertz CT molecular complexity index is 127. The zero-order valence-corrected chi connectivity index (χ0v) is 9.59. The van der Waals surface area contributed by atoms with Crippen molar-refractivity contribution < 1.29 is 4.74 Å². The van der Waals surface area contributed by atoms with E-state index in [0.717, 1.165) is 10.7 Å². The molecule has 0 saturated carbocycles. The van der Waals surface area contributed by atoms with Crippen LogP contribution in [-0.2, 0) is 4.74 Å². The van der Waals surface area contributed by atoms with E-state index in [4.69, 9.17) is 4.74 Å². The Kier molecular flexibility index (Phi) is 3.17. The molecule has 1 fully saturated rings. The maximum absolute atomic E-state index is 5.60. The summed E-state index contributed by atoms with van der Waals surface area (Å²) in [6.07, 6.45) is 0. The summed E-state index contributed by atoms with van der Waals surface area (Å²) >= 11 is 2.47. The Hall–Kier alpha value is 0.650. The number of halogens is 1. The maximum Gasteiger partial charge on any atom is 0.0998 e. The van der Waals surface area contributed by atoms with E-state index in [1.807, 2.05) is 0 Å². The summed E-state index contributed by atoms with van der Waals surface area (Å²) in [5, 5.41) is 0. The van der Waals surface area contributed by atoms with Gasteiger partial charge in [0.15, 0.2) is 0 Å². The molecule has 0 radical (unpaired) electrons. The average Bonchev–Trinajstić information content (AvgIpc) is 1.75. The van der Waals surface area contributed by atoms with Gasteiger partial charge in [-0.3, -0.25) is 4.90 Å². The first-order chi connectivity index (χ1) is 4.97. The van der Waals surface area contributed by atoms with Crippen LogP contribution in [0.2, 0.25) is 0 Å². The van der Waals surface area contributed by atoms with Crippen molar-refractivity contribution in [2.24, 2.45) is 0 Å². The zero-order valence-electron chi connectivity index (χ0n) is 7.43. The first-order valence-electron chi connectivity index (χ1n) is 3.98. The third-order valence-corrected chi connectivity index (χ3v) is 2.38. The van der Waals surface area contributed by atoms with E-state index < -0.39 is 0 Å². The highest BCUT2D eigenvalue weighted by Crippen LogP contribution is 2.17. The first-order valence-corrected chi connectivity index (χ1v) is 5.22. The van der Waals surface area contributed by atoms with Crippen molar-refractivity contribution >= 4 is 22.6 Å². The summed E-state index contributed by atoms with van der Waals surface area (Å²) in [5.74, 6) is 0. The number of rotatable bonds is 2. The molecule has 1 saturated heterocycles. The molecule has 0 aromatic carbocycles. The van der Waals surface area contributed by atoms with E-state index in [0.29, 0.717) is 0 Å². The molecule has 1 heterocycles. The molecule has 1 aliphatic heterocycles. The third kappa shape index (κ3) is 3.71. The molecule has 2 nitrogen and oxygen atoms in total. The van der Waals surface area contributed by atoms with Gasteiger partial charge in [-0.1, -0.05) is 22.6 Å². The van der Waals surface area contributed by atoms with E-state index >= 15 is 0 Å². The van der Waals surface area contributed by atoms with Crippen molar-refractivity contribution in [2.75, 3.05) is 19.8 Å². The van der Waals surface area contributed by atoms with Gasteiger partial charge in [0, 0.05) is 17.0 Å². The molecule has 0 bridgehead atoms. The molecule has 0 unspecified atom stereocenters. The van der Waals surface area contributed by atoms with Crippen LogP contribution in [0.3, 0.4) is 0 Å². The molecule has 0 aliphatic carbocycles. The summed E-state index contributed by atoms with van der Waals surface area (Å²) in [7, 11) is 0. The fourth-order valence-corrected chi connectivity index (χ4v) is 2.01. The lowest BCUT2D eigenvalue weighted by Gasteiger charge is -2.37. The van der Waals surface area contributed by atoms with Crippen molar-refractivity contribution in [1.82, 2.24) is 4.90 Å². The van der Waals surface area contributed by atoms with Crippen LogP contribution in [0.1, 0.15) is 20.8 Å². The number of nitrogens with zero attached hydrogens (tertiary/aromatic N) is 1. The molecule has 0 aromatic rings. The highest BCUT2D eigenvalue weighted by molar-refractivity contribution is 14.1. The van der Waals surface area contributed by atoms with Crippen molar-refractivity contribution in [3.8, 4) is 0 Å². The predicted molar refractivity (Wildman–Crippen MR) is 55.1 cm³/mol. The minimum Gasteiger partial charge on any atom is -0.360 e. The number of likely N-dealkylation sites (tertiary alicyclic amines) is 1. The lowest BCUT2D eigenvalue weighted by atomic mass is 10.2. The SMILES string of the molecule is CC(C)(C)OCN1CC(I)C1. The third-order valence-electron chi connectivity index (χ3n) is 1.59. The predicted octanol–water partition coefficient (Wildman–Crippen LogP) is 1.88. The van der Waals surface area contributed by atoms with E-state index in [2.05, 4.69) is 48.3 Å². The Labute approximate surface area is 82.4 Å². The standard InChI is InChI=1S/C8H16INO/c1-8(2,3)11-6-10-4-7(9)5-10/h7H,4-6H2,1-3H3. The molecule has 1 aliphatic rings. The fraction of sp³-hybridized carbons (Fsp3) is 1.00. The molecule has 1 rings (SSSR count). The Balaban J connectivity index is 2.05. The minimum atomic E-state index is 0.0103. The molecule has 0 atom stereocenters. The summed E-state index contributed by atoms with van der Waals surface area (Å²) in [6, 6.07) is 0. The number of hydrogen-bond donors (Lipinski definition) is 0. The lowest BCUT2D eigenvalue weighted by Crippen LogP contribution is -2.49. The summed E-state index contributed by atoms with van der Waals surface area (Å²) < 4.78 is 6.45. The van der Waals surface area contributed by atoms with Gasteiger partial charge in [-0.15, -0.1) is 0 Å². The quantitative estimate of drug-likeness (QED) is 0.560. The number of hydrogen-bond acceptors (Lipinski definition) is 2. The van der Waals surface area contributed by atoms with Crippen LogP contribution in [0.4, 0.5) is 0 Å². The lowest BCUT2D eigenvalue weighted by molar-refractivity contribution is -0.0774. The van der Waals surface area contributed by atoms with Gasteiger partial charge in [0.25, 0.3) is 0 Å². The second kappa shape index (κ2) is 3.58. The fourth-order valence-electron chi connectivity index (χ4n) is 0.897. The summed E-state index contributed by atoms with van der Waals surface area (Å²) in [6.45, 7) is 9.45. The highest BCUT2D eigenvalue weighted by Gasteiger charge is 2.24. The van der Waals surface area contributed by atoms with Gasteiger partial charge in [0.05, 0.1) is 12.3 Å². The van der Waals surface area contributed by atoms with Crippen LogP contribution in [0.5, 0.6) is 0 Å². The van der Waals surface area contributed by atoms with Crippen LogP contribution < -0.4 is 0 Å². The smallest absolute Gasteiger partial charge is 0.0998 e. The van der Waals surface area contributed by atoms with Gasteiger partial charge in [0.2, 0.25) is 0 Å². The van der Waals surface area contributed by atoms with Crippen LogP contribution in [0.25, 0.3) is 0 Å². The zero-order chi connectivity index (χ0) is 8.48. The molecule has 0 spiro atoms. The number of alkyl halides is 1. The van der Waals surface area contributed by atoms with Crippen LogP contribution >= 0.6 is 22.6 Å². The van der Waals surface area contributed by atoms with Gasteiger partial charge in [-0.25, -0.2) is 0 Å². The largest absolute Gasteiger partial charge is 0.360 e. The van der Waals surface area contributed by atoms with Gasteiger partial charge in [-0.2, -0.15) is 0 Å².